The summed E-state index contributed by atoms with van der Waals surface area (Å²) >= 11 is 0. The van der Waals surface area contributed by atoms with E-state index in [9.17, 15) is 4.79 Å². The lowest BCUT2D eigenvalue weighted by Gasteiger charge is -2.21. The van der Waals surface area contributed by atoms with Crippen LogP contribution in [-0.2, 0) is 4.79 Å². The highest BCUT2D eigenvalue weighted by molar-refractivity contribution is 5.70. The highest BCUT2D eigenvalue weighted by Gasteiger charge is 2.19. The fourth-order valence-electron chi connectivity index (χ4n) is 0.860. The van der Waals surface area contributed by atoms with Gasteiger partial charge in [-0.2, -0.15) is 0 Å². The molecule has 4 nitrogen and oxygen atoms in total. The van der Waals surface area contributed by atoms with Crippen molar-refractivity contribution in [3.63, 3.8) is 0 Å². The minimum atomic E-state index is -0.819. The van der Waals surface area contributed by atoms with Crippen LogP contribution < -0.4 is 5.32 Å². The van der Waals surface area contributed by atoms with Gasteiger partial charge in [0.15, 0.2) is 0 Å². The summed E-state index contributed by atoms with van der Waals surface area (Å²) in [5, 5.41) is 20.3. The second-order valence-electron chi connectivity index (χ2n) is 3.17. The van der Waals surface area contributed by atoms with Gasteiger partial charge in [-0.1, -0.05) is 6.92 Å². The van der Waals surface area contributed by atoms with E-state index < -0.39 is 11.9 Å². The highest BCUT2D eigenvalue weighted by Crippen LogP contribution is 2.02. The number of nitrogens with one attached hydrogen (secondary N) is 1. The van der Waals surface area contributed by atoms with Crippen molar-refractivity contribution >= 4 is 5.97 Å². The molecule has 0 aliphatic carbocycles. The quantitative estimate of drug-likeness (QED) is 0.553. The summed E-state index contributed by atoms with van der Waals surface area (Å²) in [6, 6.07) is -0.175. The number of carboxylic acids is 1. The molecule has 0 aromatic rings. The van der Waals surface area contributed by atoms with Crippen LogP contribution in [0.1, 0.15) is 20.8 Å². The van der Waals surface area contributed by atoms with E-state index in [0.717, 1.165) is 0 Å². The summed E-state index contributed by atoms with van der Waals surface area (Å²) in [5.74, 6) is -1.25. The van der Waals surface area contributed by atoms with Gasteiger partial charge in [-0.25, -0.2) is 0 Å². The average molecular weight is 175 g/mol. The number of carbonyl (C=O) groups is 1. The Morgan fingerprint density at radius 3 is 2.25 bits per heavy atom. The van der Waals surface area contributed by atoms with E-state index >= 15 is 0 Å². The van der Waals surface area contributed by atoms with Gasteiger partial charge < -0.3 is 15.5 Å². The molecule has 0 saturated heterocycles. The molecule has 0 heterocycles. The largest absolute Gasteiger partial charge is 0.481 e. The minimum absolute atomic E-state index is 0.0245. The van der Waals surface area contributed by atoms with E-state index in [1.54, 1.807) is 13.8 Å². The molecule has 0 amide bonds. The summed E-state index contributed by atoms with van der Waals surface area (Å²) in [6.07, 6.45) is 0. The molecule has 0 aliphatic heterocycles. The fourth-order valence-corrected chi connectivity index (χ4v) is 0.860. The number of hydrogen-bond acceptors (Lipinski definition) is 3. The van der Waals surface area contributed by atoms with Gasteiger partial charge in [-0.3, -0.25) is 4.79 Å². The molecule has 0 radical (unpaired) electrons. The molecule has 72 valence electrons. The second-order valence-corrected chi connectivity index (χ2v) is 3.17. The van der Waals surface area contributed by atoms with Crippen LogP contribution in [0.3, 0.4) is 0 Å². The van der Waals surface area contributed by atoms with Crippen molar-refractivity contribution in [2.24, 2.45) is 5.92 Å². The van der Waals surface area contributed by atoms with Crippen molar-refractivity contribution in [2.75, 3.05) is 6.61 Å². The van der Waals surface area contributed by atoms with Crippen LogP contribution in [0.5, 0.6) is 0 Å². The molecule has 0 spiro atoms. The van der Waals surface area contributed by atoms with Crippen molar-refractivity contribution in [3.05, 3.63) is 0 Å². The maximum atomic E-state index is 10.5. The van der Waals surface area contributed by atoms with E-state index in [-0.39, 0.29) is 18.7 Å². The first-order valence-corrected chi connectivity index (χ1v) is 4.08. The SMILES string of the molecule is CC(CO)NC(C)C(C)C(=O)O. The number of carboxylic acid groups (broad SMARTS) is 1. The zero-order valence-corrected chi connectivity index (χ0v) is 7.74. The molecule has 0 bridgehead atoms. The molecule has 0 saturated carbocycles. The summed E-state index contributed by atoms with van der Waals surface area (Å²) in [4.78, 5) is 10.5. The van der Waals surface area contributed by atoms with E-state index in [2.05, 4.69) is 5.32 Å². The molecule has 3 unspecified atom stereocenters. The first-order valence-electron chi connectivity index (χ1n) is 4.08. The fraction of sp³-hybridized carbons (Fsp3) is 0.875. The number of aliphatic carboxylic acids is 1. The van der Waals surface area contributed by atoms with Gasteiger partial charge in [-0.05, 0) is 13.8 Å². The Kier molecular flexibility index (Phi) is 4.85. The Labute approximate surface area is 72.6 Å². The van der Waals surface area contributed by atoms with Gasteiger partial charge in [0.25, 0.3) is 0 Å². The minimum Gasteiger partial charge on any atom is -0.481 e. The number of aliphatic hydroxyl groups is 1. The van der Waals surface area contributed by atoms with Crippen molar-refractivity contribution in [2.45, 2.75) is 32.9 Å². The standard InChI is InChI=1S/C8H17NO3/c1-5(4-10)9-7(3)6(2)8(11)12/h5-7,9-10H,4H2,1-3H3,(H,11,12). The van der Waals surface area contributed by atoms with Gasteiger partial charge in [-0.15, -0.1) is 0 Å². The van der Waals surface area contributed by atoms with Crippen LogP contribution >= 0.6 is 0 Å². The lowest BCUT2D eigenvalue weighted by Crippen LogP contribution is -2.42. The molecular formula is C8H17NO3. The van der Waals surface area contributed by atoms with Crippen LogP contribution in [-0.4, -0.2) is 34.9 Å². The summed E-state index contributed by atoms with van der Waals surface area (Å²) in [6.45, 7) is 5.27. The van der Waals surface area contributed by atoms with Crippen LogP contribution in [0.25, 0.3) is 0 Å². The molecule has 0 aromatic carbocycles. The van der Waals surface area contributed by atoms with Crippen LogP contribution in [0.4, 0.5) is 0 Å². The van der Waals surface area contributed by atoms with Gasteiger partial charge in [0.05, 0.1) is 12.5 Å². The van der Waals surface area contributed by atoms with E-state index in [0.29, 0.717) is 0 Å². The van der Waals surface area contributed by atoms with Gasteiger partial charge in [0.2, 0.25) is 0 Å². The van der Waals surface area contributed by atoms with Gasteiger partial charge in [0.1, 0.15) is 0 Å². The summed E-state index contributed by atoms with van der Waals surface area (Å²) in [7, 11) is 0. The molecule has 0 aliphatic rings. The maximum Gasteiger partial charge on any atom is 0.307 e. The van der Waals surface area contributed by atoms with Crippen molar-refractivity contribution in [1.82, 2.24) is 5.32 Å². The third-order valence-electron chi connectivity index (χ3n) is 1.96. The molecule has 0 rings (SSSR count). The maximum absolute atomic E-state index is 10.5. The smallest absolute Gasteiger partial charge is 0.307 e. The Morgan fingerprint density at radius 2 is 1.92 bits per heavy atom. The monoisotopic (exact) mass is 175 g/mol. The van der Waals surface area contributed by atoms with Crippen LogP contribution in [0.2, 0.25) is 0 Å². The molecular weight excluding hydrogens is 158 g/mol. The summed E-state index contributed by atoms with van der Waals surface area (Å²) < 4.78 is 0. The molecule has 0 aromatic heterocycles. The first-order chi connectivity index (χ1) is 5.49. The normalized spacial score (nSPS) is 18.3. The summed E-state index contributed by atoms with van der Waals surface area (Å²) in [5.41, 5.74) is 0. The number of aliphatic hydroxyl groups excluding tert-OH is 1. The molecule has 12 heavy (non-hydrogen) atoms. The molecule has 3 N–H and O–H groups in total. The predicted molar refractivity (Wildman–Crippen MR) is 45.9 cm³/mol. The lowest BCUT2D eigenvalue weighted by molar-refractivity contribution is -0.142. The molecule has 4 heteroatoms. The van der Waals surface area contributed by atoms with E-state index in [1.165, 1.54) is 0 Å². The van der Waals surface area contributed by atoms with Crippen LogP contribution in [0.15, 0.2) is 0 Å². The third-order valence-corrected chi connectivity index (χ3v) is 1.96. The number of rotatable bonds is 5. The van der Waals surface area contributed by atoms with E-state index in [1.807, 2.05) is 6.92 Å². The third kappa shape index (κ3) is 3.69. The van der Waals surface area contributed by atoms with E-state index in [4.69, 9.17) is 10.2 Å². The van der Waals surface area contributed by atoms with Crippen molar-refractivity contribution in [3.8, 4) is 0 Å². The van der Waals surface area contributed by atoms with Crippen LogP contribution in [0, 0.1) is 5.92 Å². The van der Waals surface area contributed by atoms with Gasteiger partial charge >= 0.3 is 5.97 Å². The lowest BCUT2D eigenvalue weighted by atomic mass is 10.0. The zero-order valence-electron chi connectivity index (χ0n) is 7.74. The zero-order chi connectivity index (χ0) is 9.72. The first kappa shape index (κ1) is 11.4. The number of hydrogen-bond donors (Lipinski definition) is 3. The Bertz CT molecular complexity index is 149. The highest BCUT2D eigenvalue weighted by atomic mass is 16.4. The second kappa shape index (κ2) is 5.11. The Morgan fingerprint density at radius 1 is 1.42 bits per heavy atom. The topological polar surface area (TPSA) is 69.6 Å². The average Bonchev–Trinajstić information content (AvgIpc) is 2.02. The van der Waals surface area contributed by atoms with Crippen molar-refractivity contribution < 1.29 is 15.0 Å². The predicted octanol–water partition coefficient (Wildman–Crippen LogP) is 0.0660. The Balaban J connectivity index is 3.86. The van der Waals surface area contributed by atoms with Crippen molar-refractivity contribution in [1.29, 1.82) is 0 Å². The Hall–Kier alpha value is -0.610. The van der Waals surface area contributed by atoms with Gasteiger partial charge in [0, 0.05) is 12.1 Å². The molecule has 3 atom stereocenters. The molecule has 0 fully saturated rings.